The molecule has 1 aliphatic carbocycles. The lowest BCUT2D eigenvalue weighted by atomic mass is 10.0. The van der Waals surface area contributed by atoms with Crippen molar-refractivity contribution in [3.8, 4) is 5.75 Å². The van der Waals surface area contributed by atoms with Crippen LogP contribution < -0.4 is 20.9 Å². The third kappa shape index (κ3) is 4.77. The highest BCUT2D eigenvalue weighted by Gasteiger charge is 2.60. The predicted octanol–water partition coefficient (Wildman–Crippen LogP) is 0.492. The van der Waals surface area contributed by atoms with Gasteiger partial charge in [0, 0.05) is 13.5 Å². The van der Waals surface area contributed by atoms with E-state index in [0.29, 0.717) is 12.2 Å². The number of carbonyl (C=O) groups excluding carboxylic acids is 3. The Hall–Kier alpha value is -2.61. The number of amides is 3. The molecule has 1 unspecified atom stereocenters. The maximum atomic E-state index is 12.7. The molecule has 1 aromatic carbocycles. The van der Waals surface area contributed by atoms with Gasteiger partial charge in [-0.1, -0.05) is 26.0 Å². The van der Waals surface area contributed by atoms with Crippen molar-refractivity contribution in [3.05, 3.63) is 29.8 Å². The molecule has 0 spiro atoms. The van der Waals surface area contributed by atoms with E-state index in [1.54, 1.807) is 24.7 Å². The highest BCUT2D eigenvalue weighted by molar-refractivity contribution is 5.95. The van der Waals surface area contributed by atoms with Crippen LogP contribution in [-0.2, 0) is 20.8 Å². The molecule has 27 heavy (non-hydrogen) atoms. The molecule has 4 atom stereocenters. The first-order chi connectivity index (χ1) is 12.8. The van der Waals surface area contributed by atoms with E-state index in [-0.39, 0.29) is 23.7 Å². The van der Waals surface area contributed by atoms with Gasteiger partial charge in [0.2, 0.25) is 17.7 Å². The van der Waals surface area contributed by atoms with Crippen molar-refractivity contribution in [3.63, 3.8) is 0 Å². The summed E-state index contributed by atoms with van der Waals surface area (Å²) in [4.78, 5) is 36.7. The summed E-state index contributed by atoms with van der Waals surface area (Å²) in [6.45, 7) is 3.84. The molecule has 1 fully saturated rings. The van der Waals surface area contributed by atoms with Crippen LogP contribution in [0.4, 0.5) is 0 Å². The van der Waals surface area contributed by atoms with Crippen LogP contribution in [0.2, 0.25) is 0 Å². The van der Waals surface area contributed by atoms with E-state index < -0.39 is 23.8 Å². The number of likely N-dealkylation sites (N-methyl/N-ethyl adjacent to an activating group) is 1. The van der Waals surface area contributed by atoms with Crippen LogP contribution in [0.1, 0.15) is 19.4 Å². The Morgan fingerprint density at radius 2 is 1.70 bits per heavy atom. The molecule has 0 radical (unpaired) electrons. The predicted molar refractivity (Wildman–Crippen MR) is 97.9 cm³/mol. The van der Waals surface area contributed by atoms with Crippen molar-refractivity contribution in [1.82, 2.24) is 16.1 Å². The molecule has 0 bridgehead atoms. The molecule has 8 nitrogen and oxygen atoms in total. The molecule has 1 aliphatic rings. The van der Waals surface area contributed by atoms with E-state index >= 15 is 0 Å². The van der Waals surface area contributed by atoms with E-state index in [2.05, 4.69) is 10.6 Å². The van der Waals surface area contributed by atoms with E-state index in [4.69, 9.17) is 9.94 Å². The highest BCUT2D eigenvalue weighted by Crippen LogP contribution is 2.51. The number of rotatable bonds is 8. The summed E-state index contributed by atoms with van der Waals surface area (Å²) in [5.41, 5.74) is 2.49. The summed E-state index contributed by atoms with van der Waals surface area (Å²) in [6.07, 6.45) is 0.311. The summed E-state index contributed by atoms with van der Waals surface area (Å²) >= 11 is 0. The first-order valence-electron chi connectivity index (χ1n) is 8.92. The van der Waals surface area contributed by atoms with Gasteiger partial charge < -0.3 is 15.4 Å². The van der Waals surface area contributed by atoms with Crippen LogP contribution in [0.5, 0.6) is 5.75 Å². The van der Waals surface area contributed by atoms with Gasteiger partial charge >= 0.3 is 0 Å². The maximum Gasteiger partial charge on any atom is 0.247 e. The van der Waals surface area contributed by atoms with Gasteiger partial charge in [0.25, 0.3) is 0 Å². The van der Waals surface area contributed by atoms with Crippen LogP contribution in [0.15, 0.2) is 24.3 Å². The van der Waals surface area contributed by atoms with Gasteiger partial charge in [-0.05, 0) is 29.5 Å². The lowest BCUT2D eigenvalue weighted by molar-refractivity contribution is -0.133. The smallest absolute Gasteiger partial charge is 0.247 e. The molecule has 148 valence electrons. The Labute approximate surface area is 158 Å². The second-order valence-corrected chi connectivity index (χ2v) is 7.08. The van der Waals surface area contributed by atoms with Crippen LogP contribution in [0, 0.1) is 23.7 Å². The summed E-state index contributed by atoms with van der Waals surface area (Å²) in [6, 6.07) is 6.47. The number of hydrogen-bond acceptors (Lipinski definition) is 5. The zero-order valence-electron chi connectivity index (χ0n) is 16.0. The summed E-state index contributed by atoms with van der Waals surface area (Å²) in [7, 11) is 3.08. The summed E-state index contributed by atoms with van der Waals surface area (Å²) in [5.74, 6) is -1.74. The average molecular weight is 377 g/mol. The lowest BCUT2D eigenvalue weighted by Crippen LogP contribution is -2.48. The van der Waals surface area contributed by atoms with Crippen LogP contribution in [0.25, 0.3) is 0 Å². The molecule has 0 aromatic heterocycles. The first-order valence-corrected chi connectivity index (χ1v) is 8.92. The number of hydrogen-bond donors (Lipinski definition) is 4. The summed E-state index contributed by atoms with van der Waals surface area (Å²) < 4.78 is 5.12. The fraction of sp³-hybridized carbons (Fsp3) is 0.526. The van der Waals surface area contributed by atoms with Gasteiger partial charge in [0.15, 0.2) is 0 Å². The lowest BCUT2D eigenvalue weighted by Gasteiger charge is -2.18. The van der Waals surface area contributed by atoms with Crippen molar-refractivity contribution >= 4 is 17.7 Å². The number of benzene rings is 1. The van der Waals surface area contributed by atoms with Crippen molar-refractivity contribution in [1.29, 1.82) is 0 Å². The zero-order valence-corrected chi connectivity index (χ0v) is 16.0. The third-order valence-corrected chi connectivity index (χ3v) is 5.04. The van der Waals surface area contributed by atoms with Crippen molar-refractivity contribution in [2.24, 2.45) is 23.7 Å². The topological polar surface area (TPSA) is 117 Å². The van der Waals surface area contributed by atoms with Gasteiger partial charge in [-0.15, -0.1) is 0 Å². The fourth-order valence-corrected chi connectivity index (χ4v) is 3.56. The average Bonchev–Trinajstić information content (AvgIpc) is 3.43. The van der Waals surface area contributed by atoms with Gasteiger partial charge in [-0.3, -0.25) is 19.6 Å². The monoisotopic (exact) mass is 377 g/mol. The second kappa shape index (κ2) is 8.85. The molecule has 0 heterocycles. The zero-order chi connectivity index (χ0) is 20.1. The van der Waals surface area contributed by atoms with Crippen LogP contribution >= 0.6 is 0 Å². The number of nitrogens with one attached hydrogen (secondary N) is 3. The van der Waals surface area contributed by atoms with Crippen LogP contribution in [0.3, 0.4) is 0 Å². The maximum absolute atomic E-state index is 12.7. The number of methoxy groups -OCH3 is 1. The Morgan fingerprint density at radius 3 is 2.19 bits per heavy atom. The fourth-order valence-electron chi connectivity index (χ4n) is 3.56. The van der Waals surface area contributed by atoms with Gasteiger partial charge in [-0.2, -0.15) is 0 Å². The molecular formula is C19H27N3O5. The normalized spacial score (nSPS) is 21.9. The SMILES string of the molecule is CNC(=O)[C@H](Cc1ccc(OC)cc1)NC(=O)[C@H]1C(C(=O)NO)[C@@H]1C(C)C. The Balaban J connectivity index is 2.09. The standard InChI is InChI=1S/C19H27N3O5/c1-10(2)14-15(16(14)19(25)22-26)18(24)21-13(17(23)20-3)9-11-5-7-12(27-4)8-6-11/h5-8,10,13-16,26H,9H2,1-4H3,(H,20,23)(H,21,24)(H,22,25)/t13-,14+,15+,16?/m0/s1. The van der Waals surface area contributed by atoms with Gasteiger partial charge in [0.1, 0.15) is 11.8 Å². The third-order valence-electron chi connectivity index (χ3n) is 5.04. The molecule has 8 heteroatoms. The van der Waals surface area contributed by atoms with Crippen molar-refractivity contribution in [2.45, 2.75) is 26.3 Å². The first kappa shape index (κ1) is 20.7. The molecular weight excluding hydrogens is 350 g/mol. The highest BCUT2D eigenvalue weighted by atomic mass is 16.5. The number of ether oxygens (including phenoxy) is 1. The van der Waals surface area contributed by atoms with E-state index in [1.165, 1.54) is 7.05 Å². The largest absolute Gasteiger partial charge is 0.497 e. The quantitative estimate of drug-likeness (QED) is 0.389. The Kier molecular flexibility index (Phi) is 6.79. The Morgan fingerprint density at radius 1 is 1.11 bits per heavy atom. The van der Waals surface area contributed by atoms with E-state index in [9.17, 15) is 14.4 Å². The molecule has 0 saturated heterocycles. The van der Waals surface area contributed by atoms with E-state index in [0.717, 1.165) is 5.56 Å². The molecule has 0 aliphatic heterocycles. The molecule has 3 amide bonds. The minimum absolute atomic E-state index is 0.100. The Bertz CT molecular complexity index is 689. The minimum atomic E-state index is -0.762. The van der Waals surface area contributed by atoms with Crippen molar-refractivity contribution in [2.75, 3.05) is 14.2 Å². The minimum Gasteiger partial charge on any atom is -0.497 e. The van der Waals surface area contributed by atoms with E-state index in [1.807, 2.05) is 26.0 Å². The van der Waals surface area contributed by atoms with Crippen LogP contribution in [-0.4, -0.2) is 43.1 Å². The van der Waals surface area contributed by atoms with Crippen molar-refractivity contribution < 1.29 is 24.3 Å². The van der Waals surface area contributed by atoms with Gasteiger partial charge in [-0.25, -0.2) is 5.48 Å². The molecule has 2 rings (SSSR count). The van der Waals surface area contributed by atoms with Gasteiger partial charge in [0.05, 0.1) is 18.9 Å². The number of carbonyl (C=O) groups is 3. The molecule has 1 aromatic rings. The molecule has 1 saturated carbocycles. The second-order valence-electron chi connectivity index (χ2n) is 7.08. The number of hydroxylamine groups is 1. The summed E-state index contributed by atoms with van der Waals surface area (Å²) in [5, 5.41) is 14.2. The molecule has 4 N–H and O–H groups in total.